The predicted octanol–water partition coefficient (Wildman–Crippen LogP) is 6.52. The van der Waals surface area contributed by atoms with Gasteiger partial charge in [0.25, 0.3) is 5.91 Å². The lowest BCUT2D eigenvalue weighted by atomic mass is 10.1. The molecule has 0 atom stereocenters. The molecule has 0 unspecified atom stereocenters. The molecule has 9 nitrogen and oxygen atoms in total. The minimum absolute atomic E-state index is 0.0566. The van der Waals surface area contributed by atoms with Crippen LogP contribution in [0.15, 0.2) is 54.7 Å². The van der Waals surface area contributed by atoms with Crippen molar-refractivity contribution >= 4 is 29.7 Å². The number of benzene rings is 2. The van der Waals surface area contributed by atoms with Gasteiger partial charge in [-0.25, -0.2) is 23.9 Å². The zero-order valence-corrected chi connectivity index (χ0v) is 22.5. The summed E-state index contributed by atoms with van der Waals surface area (Å²) in [5.41, 5.74) is 0.0143. The second kappa shape index (κ2) is 11.0. The maximum absolute atomic E-state index is 14.3. The molecule has 2 aromatic carbocycles. The molecule has 3 aromatic rings. The van der Waals surface area contributed by atoms with Crippen LogP contribution in [-0.4, -0.2) is 39.3 Å². The number of halogens is 1. The molecule has 0 saturated heterocycles. The number of anilines is 2. The summed E-state index contributed by atoms with van der Waals surface area (Å²) in [5.74, 6) is -1.37. The van der Waals surface area contributed by atoms with Gasteiger partial charge in [-0.05, 0) is 78.3 Å². The first-order chi connectivity index (χ1) is 17.6. The SMILES string of the molecule is Cc1cccc(C(=O)Nc2ccc(-c3ccnc(N(C(=O)OC(C)(C)C)C(=O)OC(C)(C)C)n3)cc2)c1F. The topological polar surface area (TPSA) is 111 Å². The number of aryl methyl sites for hydroxylation is 1. The Morgan fingerprint density at radius 2 is 1.45 bits per heavy atom. The molecule has 1 aromatic heterocycles. The summed E-state index contributed by atoms with van der Waals surface area (Å²) < 4.78 is 25.1. The molecule has 1 N–H and O–H groups in total. The number of rotatable bonds is 4. The standard InChI is InChI=1S/C28H31FN4O5/c1-17-9-8-10-20(22(17)29)23(34)31-19-13-11-18(12-14-19)21-15-16-30-24(32-21)33(25(35)37-27(2,3)4)26(36)38-28(5,6)7/h8-16H,1-7H3,(H,31,34). The zero-order valence-electron chi connectivity index (χ0n) is 22.5. The summed E-state index contributed by atoms with van der Waals surface area (Å²) in [6.07, 6.45) is -0.564. The van der Waals surface area contributed by atoms with Crippen LogP contribution in [0, 0.1) is 12.7 Å². The maximum Gasteiger partial charge on any atom is 0.427 e. The number of carbonyl (C=O) groups excluding carboxylic acids is 3. The molecule has 3 rings (SSSR count). The van der Waals surface area contributed by atoms with Crippen LogP contribution < -0.4 is 10.2 Å². The van der Waals surface area contributed by atoms with E-state index in [1.54, 1.807) is 90.9 Å². The van der Waals surface area contributed by atoms with Crippen molar-refractivity contribution in [3.8, 4) is 11.3 Å². The van der Waals surface area contributed by atoms with Gasteiger partial charge >= 0.3 is 12.2 Å². The number of amides is 3. The van der Waals surface area contributed by atoms with Gasteiger partial charge < -0.3 is 14.8 Å². The number of nitrogens with zero attached hydrogens (tertiary/aromatic N) is 3. The molecule has 3 amide bonds. The van der Waals surface area contributed by atoms with Crippen molar-refractivity contribution in [2.45, 2.75) is 59.7 Å². The zero-order chi connectivity index (χ0) is 28.3. The summed E-state index contributed by atoms with van der Waals surface area (Å²) in [6.45, 7) is 11.6. The van der Waals surface area contributed by atoms with Crippen molar-refractivity contribution < 1.29 is 28.2 Å². The van der Waals surface area contributed by atoms with E-state index in [1.807, 2.05) is 0 Å². The molecule has 38 heavy (non-hydrogen) atoms. The summed E-state index contributed by atoms with van der Waals surface area (Å²) in [6, 6.07) is 12.8. The average molecular weight is 523 g/mol. The van der Waals surface area contributed by atoms with E-state index < -0.39 is 35.1 Å². The molecule has 0 aliphatic carbocycles. The van der Waals surface area contributed by atoms with Gasteiger partial charge in [0.05, 0.1) is 11.3 Å². The second-order valence-electron chi connectivity index (χ2n) is 10.5. The smallest absolute Gasteiger partial charge is 0.427 e. The third kappa shape index (κ3) is 7.34. The molecule has 0 spiro atoms. The van der Waals surface area contributed by atoms with Gasteiger partial charge in [0, 0.05) is 17.4 Å². The highest BCUT2D eigenvalue weighted by Crippen LogP contribution is 2.24. The number of imide groups is 1. The maximum atomic E-state index is 14.3. The van der Waals surface area contributed by atoms with Crippen molar-refractivity contribution in [1.82, 2.24) is 9.97 Å². The summed E-state index contributed by atoms with van der Waals surface area (Å²) in [5, 5.41) is 2.67. The molecule has 0 fully saturated rings. The Hall–Kier alpha value is -4.34. The van der Waals surface area contributed by atoms with Crippen LogP contribution in [0.1, 0.15) is 57.5 Å². The van der Waals surface area contributed by atoms with Gasteiger partial charge in [0.1, 0.15) is 17.0 Å². The molecule has 0 radical (unpaired) electrons. The van der Waals surface area contributed by atoms with Crippen molar-refractivity contribution in [3.05, 3.63) is 71.7 Å². The fraction of sp³-hybridized carbons (Fsp3) is 0.321. The molecule has 1 heterocycles. The fourth-order valence-electron chi connectivity index (χ4n) is 3.22. The number of hydrogen-bond acceptors (Lipinski definition) is 7. The van der Waals surface area contributed by atoms with Gasteiger partial charge in [0.15, 0.2) is 0 Å². The van der Waals surface area contributed by atoms with Crippen molar-refractivity contribution in [3.63, 3.8) is 0 Å². The Kier molecular flexibility index (Phi) is 8.14. The summed E-state index contributed by atoms with van der Waals surface area (Å²) in [7, 11) is 0. The number of ether oxygens (including phenoxy) is 2. The highest BCUT2D eigenvalue weighted by molar-refractivity contribution is 6.08. The van der Waals surface area contributed by atoms with E-state index in [4.69, 9.17) is 9.47 Å². The van der Waals surface area contributed by atoms with Crippen molar-refractivity contribution in [2.24, 2.45) is 0 Å². The van der Waals surface area contributed by atoms with Crippen LogP contribution in [0.2, 0.25) is 0 Å². The molecule has 200 valence electrons. The van der Waals surface area contributed by atoms with Gasteiger partial charge in [-0.3, -0.25) is 4.79 Å². The fourth-order valence-corrected chi connectivity index (χ4v) is 3.22. The van der Waals surface area contributed by atoms with E-state index in [0.29, 0.717) is 27.4 Å². The Balaban J connectivity index is 1.87. The number of nitrogens with one attached hydrogen (secondary N) is 1. The summed E-state index contributed by atoms with van der Waals surface area (Å²) >= 11 is 0. The third-order valence-corrected chi connectivity index (χ3v) is 4.87. The minimum atomic E-state index is -0.981. The molecule has 10 heteroatoms. The number of hydrogen-bond donors (Lipinski definition) is 1. The summed E-state index contributed by atoms with van der Waals surface area (Å²) in [4.78, 5) is 47.4. The average Bonchev–Trinajstić information content (AvgIpc) is 2.79. The van der Waals surface area contributed by atoms with Gasteiger partial charge in [-0.15, -0.1) is 4.90 Å². The minimum Gasteiger partial charge on any atom is -0.443 e. The highest BCUT2D eigenvalue weighted by Gasteiger charge is 2.34. The molecule has 0 bridgehead atoms. The van der Waals surface area contributed by atoms with Gasteiger partial charge in [-0.1, -0.05) is 24.3 Å². The Labute approximate surface area is 221 Å². The molecule has 0 aliphatic heterocycles. The van der Waals surface area contributed by atoms with E-state index >= 15 is 0 Å². The number of carbonyl (C=O) groups is 3. The third-order valence-electron chi connectivity index (χ3n) is 4.87. The van der Waals surface area contributed by atoms with Crippen LogP contribution >= 0.6 is 0 Å². The Morgan fingerprint density at radius 1 is 0.868 bits per heavy atom. The lowest BCUT2D eigenvalue weighted by molar-refractivity contribution is 0.0427. The van der Waals surface area contributed by atoms with Gasteiger partial charge in [-0.2, -0.15) is 0 Å². The monoisotopic (exact) mass is 522 g/mol. The first-order valence-electron chi connectivity index (χ1n) is 11.9. The van der Waals surface area contributed by atoms with Crippen molar-refractivity contribution in [2.75, 3.05) is 10.2 Å². The van der Waals surface area contributed by atoms with Crippen molar-refractivity contribution in [1.29, 1.82) is 0 Å². The van der Waals surface area contributed by atoms with Crippen LogP contribution in [0.3, 0.4) is 0 Å². The van der Waals surface area contributed by atoms with Crippen LogP contribution in [0.4, 0.5) is 25.6 Å². The van der Waals surface area contributed by atoms with E-state index in [9.17, 15) is 18.8 Å². The molecular weight excluding hydrogens is 491 g/mol. The van der Waals surface area contributed by atoms with Crippen LogP contribution in [-0.2, 0) is 9.47 Å². The van der Waals surface area contributed by atoms with E-state index in [0.717, 1.165) is 0 Å². The first kappa shape index (κ1) is 28.2. The van der Waals surface area contributed by atoms with Crippen LogP contribution in [0.5, 0.6) is 0 Å². The Morgan fingerprint density at radius 3 is 2.00 bits per heavy atom. The van der Waals surface area contributed by atoms with E-state index in [2.05, 4.69) is 15.3 Å². The molecule has 0 aliphatic rings. The quantitative estimate of drug-likeness (QED) is 0.415. The second-order valence-corrected chi connectivity index (χ2v) is 10.5. The Bertz CT molecular complexity index is 1320. The lowest BCUT2D eigenvalue weighted by Crippen LogP contribution is -2.44. The first-order valence-corrected chi connectivity index (χ1v) is 11.9. The number of aromatic nitrogens is 2. The van der Waals surface area contributed by atoms with E-state index in [-0.39, 0.29) is 11.5 Å². The predicted molar refractivity (Wildman–Crippen MR) is 142 cm³/mol. The lowest BCUT2D eigenvalue weighted by Gasteiger charge is -2.27. The molecular formula is C28H31FN4O5. The molecule has 0 saturated carbocycles. The largest absolute Gasteiger partial charge is 0.443 e. The normalized spacial score (nSPS) is 11.5. The van der Waals surface area contributed by atoms with E-state index in [1.165, 1.54) is 12.3 Å². The van der Waals surface area contributed by atoms with Crippen LogP contribution in [0.25, 0.3) is 11.3 Å². The highest BCUT2D eigenvalue weighted by atomic mass is 19.1. The van der Waals surface area contributed by atoms with Gasteiger partial charge in [0.2, 0.25) is 5.95 Å².